The fraction of sp³-hybridized carbons (Fsp3) is 0.945. The summed E-state index contributed by atoms with van der Waals surface area (Å²) in [7, 11) is -9.90. The third kappa shape index (κ3) is 66.7. The molecule has 5 atom stereocenters. The third-order valence-corrected chi connectivity index (χ3v) is 18.9. The van der Waals surface area contributed by atoms with Crippen LogP contribution in [0.5, 0.6) is 0 Å². The molecule has 0 aliphatic heterocycles. The van der Waals surface area contributed by atoms with Crippen molar-refractivity contribution in [1.82, 2.24) is 0 Å². The number of aliphatic hydroxyl groups is 1. The SMILES string of the molecule is CCCCCCCCCCCCCCCCCCC(=O)OC[C@H](COP(=O)(O)OC[C@@H](O)COP(=O)(O)OC[C@@H](COC(=O)CCCCCCC)OC(=O)CCCCCCCCCCCC(C)C)OC(=O)CCCCCCCCCCCCCCCCCCC(C)C. The van der Waals surface area contributed by atoms with Crippen LogP contribution in [-0.2, 0) is 65.4 Å². The lowest BCUT2D eigenvalue weighted by Crippen LogP contribution is -2.30. The van der Waals surface area contributed by atoms with Crippen LogP contribution in [-0.4, -0.2) is 96.7 Å². The van der Waals surface area contributed by atoms with Gasteiger partial charge in [0.2, 0.25) is 0 Å². The Labute approximate surface area is 562 Å². The Morgan fingerprint density at radius 3 is 0.739 bits per heavy atom. The molecule has 0 fully saturated rings. The highest BCUT2D eigenvalue weighted by Gasteiger charge is 2.30. The van der Waals surface area contributed by atoms with Crippen LogP contribution in [0.3, 0.4) is 0 Å². The Morgan fingerprint density at radius 2 is 0.500 bits per heavy atom. The van der Waals surface area contributed by atoms with E-state index in [1.807, 2.05) is 0 Å². The average molecular weight is 1350 g/mol. The zero-order chi connectivity index (χ0) is 67.9. The van der Waals surface area contributed by atoms with Gasteiger partial charge in [-0.05, 0) is 37.5 Å². The van der Waals surface area contributed by atoms with Crippen molar-refractivity contribution in [3.05, 3.63) is 0 Å². The van der Waals surface area contributed by atoms with Gasteiger partial charge in [0.15, 0.2) is 12.2 Å². The first-order valence-electron chi connectivity index (χ1n) is 38.0. The average Bonchev–Trinajstić information content (AvgIpc) is 2.45. The highest BCUT2D eigenvalue weighted by molar-refractivity contribution is 7.47. The molecule has 0 bridgehead atoms. The maximum Gasteiger partial charge on any atom is 0.472 e. The fourth-order valence-corrected chi connectivity index (χ4v) is 12.7. The molecule has 3 N–H and O–H groups in total. The summed E-state index contributed by atoms with van der Waals surface area (Å²) in [6.45, 7) is 9.49. The van der Waals surface area contributed by atoms with E-state index >= 15 is 0 Å². The highest BCUT2D eigenvalue weighted by Crippen LogP contribution is 2.45. The summed E-state index contributed by atoms with van der Waals surface area (Å²) in [5, 5.41) is 10.6. The summed E-state index contributed by atoms with van der Waals surface area (Å²) in [5.74, 6) is -0.585. The zero-order valence-electron chi connectivity index (χ0n) is 59.9. The Bertz CT molecular complexity index is 1790. The van der Waals surface area contributed by atoms with E-state index in [4.69, 9.17) is 37.0 Å². The number of hydrogen-bond donors (Lipinski definition) is 3. The Morgan fingerprint density at radius 1 is 0.293 bits per heavy atom. The van der Waals surface area contributed by atoms with Crippen LogP contribution in [0.2, 0.25) is 0 Å². The number of rotatable bonds is 72. The van der Waals surface area contributed by atoms with Crippen molar-refractivity contribution < 1.29 is 80.2 Å². The number of ether oxygens (including phenoxy) is 4. The molecule has 0 aromatic carbocycles. The second-order valence-corrected chi connectivity index (χ2v) is 30.2. The van der Waals surface area contributed by atoms with E-state index in [0.717, 1.165) is 108 Å². The van der Waals surface area contributed by atoms with Crippen molar-refractivity contribution in [3.8, 4) is 0 Å². The molecular weight excluding hydrogens is 1210 g/mol. The van der Waals surface area contributed by atoms with Gasteiger partial charge in [-0.3, -0.25) is 37.3 Å². The van der Waals surface area contributed by atoms with Crippen molar-refractivity contribution >= 4 is 39.5 Å². The van der Waals surface area contributed by atoms with Crippen molar-refractivity contribution in [2.24, 2.45) is 11.8 Å². The van der Waals surface area contributed by atoms with E-state index in [0.29, 0.717) is 25.7 Å². The molecule has 0 rings (SSSR count). The molecule has 17 nitrogen and oxygen atoms in total. The number of phosphoric acid groups is 2. The molecule has 19 heteroatoms. The summed E-state index contributed by atoms with van der Waals surface area (Å²) in [4.78, 5) is 72.4. The van der Waals surface area contributed by atoms with Crippen molar-refractivity contribution in [2.75, 3.05) is 39.6 Å². The second kappa shape index (κ2) is 65.0. The zero-order valence-corrected chi connectivity index (χ0v) is 61.6. The maximum atomic E-state index is 13.1. The van der Waals surface area contributed by atoms with E-state index in [-0.39, 0.29) is 25.7 Å². The summed E-state index contributed by atoms with van der Waals surface area (Å²) in [6, 6.07) is 0. The van der Waals surface area contributed by atoms with Gasteiger partial charge in [0.25, 0.3) is 0 Å². The molecule has 546 valence electrons. The number of aliphatic hydroxyl groups excluding tert-OH is 1. The minimum absolute atomic E-state index is 0.104. The van der Waals surface area contributed by atoms with Crippen molar-refractivity contribution in [2.45, 2.75) is 394 Å². The topological polar surface area (TPSA) is 237 Å². The minimum atomic E-state index is -4.95. The third-order valence-electron chi connectivity index (χ3n) is 17.0. The van der Waals surface area contributed by atoms with E-state index in [1.165, 1.54) is 186 Å². The lowest BCUT2D eigenvalue weighted by Gasteiger charge is -2.21. The van der Waals surface area contributed by atoms with Crippen LogP contribution in [0, 0.1) is 11.8 Å². The number of carbonyl (C=O) groups is 4. The van der Waals surface area contributed by atoms with Gasteiger partial charge < -0.3 is 33.8 Å². The number of hydrogen-bond acceptors (Lipinski definition) is 15. The van der Waals surface area contributed by atoms with Crippen molar-refractivity contribution in [3.63, 3.8) is 0 Å². The van der Waals surface area contributed by atoms with E-state index in [1.54, 1.807) is 0 Å². The quantitative estimate of drug-likeness (QED) is 0.0222. The summed E-state index contributed by atoms with van der Waals surface area (Å²) in [6.07, 6.45) is 51.8. The van der Waals surface area contributed by atoms with Gasteiger partial charge in [0.1, 0.15) is 19.3 Å². The van der Waals surface area contributed by atoms with Crippen LogP contribution < -0.4 is 0 Å². The largest absolute Gasteiger partial charge is 0.472 e. The fourth-order valence-electron chi connectivity index (χ4n) is 11.1. The lowest BCUT2D eigenvalue weighted by molar-refractivity contribution is -0.161. The van der Waals surface area contributed by atoms with Crippen LogP contribution in [0.15, 0.2) is 0 Å². The molecular formula is C73H142O17P2. The van der Waals surface area contributed by atoms with Gasteiger partial charge in [0.05, 0.1) is 26.4 Å². The number of phosphoric ester groups is 2. The van der Waals surface area contributed by atoms with Crippen LogP contribution in [0.25, 0.3) is 0 Å². The van der Waals surface area contributed by atoms with Gasteiger partial charge in [-0.2, -0.15) is 0 Å². The van der Waals surface area contributed by atoms with Crippen LogP contribution in [0.4, 0.5) is 0 Å². The molecule has 0 amide bonds. The summed E-state index contributed by atoms with van der Waals surface area (Å²) in [5.41, 5.74) is 0. The highest BCUT2D eigenvalue weighted by atomic mass is 31.2. The number of unbranched alkanes of at least 4 members (excludes halogenated alkanes) is 42. The molecule has 0 aromatic rings. The maximum absolute atomic E-state index is 13.1. The number of esters is 4. The molecule has 92 heavy (non-hydrogen) atoms. The molecule has 0 aliphatic rings. The second-order valence-electron chi connectivity index (χ2n) is 27.3. The first-order chi connectivity index (χ1) is 44.4. The Balaban J connectivity index is 5.14. The molecule has 2 unspecified atom stereocenters. The Kier molecular flexibility index (Phi) is 63.7. The summed E-state index contributed by atoms with van der Waals surface area (Å²) >= 11 is 0. The monoisotopic (exact) mass is 1350 g/mol. The van der Waals surface area contributed by atoms with E-state index in [9.17, 15) is 43.2 Å². The van der Waals surface area contributed by atoms with Crippen LogP contribution in [0.1, 0.15) is 375 Å². The van der Waals surface area contributed by atoms with E-state index < -0.39 is 97.5 Å². The predicted octanol–water partition coefficient (Wildman–Crippen LogP) is 21.2. The summed E-state index contributed by atoms with van der Waals surface area (Å²) < 4.78 is 68.2. The minimum Gasteiger partial charge on any atom is -0.462 e. The van der Waals surface area contributed by atoms with Gasteiger partial charge in [0, 0.05) is 25.7 Å². The molecule has 0 aromatic heterocycles. The molecule has 0 heterocycles. The molecule has 0 radical (unpaired) electrons. The normalized spacial score (nSPS) is 14.1. The van der Waals surface area contributed by atoms with Gasteiger partial charge >= 0.3 is 39.5 Å². The van der Waals surface area contributed by atoms with Crippen LogP contribution >= 0.6 is 15.6 Å². The Hall–Kier alpha value is -1.94. The lowest BCUT2D eigenvalue weighted by atomic mass is 10.0. The first kappa shape index (κ1) is 90.1. The van der Waals surface area contributed by atoms with Gasteiger partial charge in [-0.15, -0.1) is 0 Å². The van der Waals surface area contributed by atoms with Crippen molar-refractivity contribution in [1.29, 1.82) is 0 Å². The molecule has 0 saturated carbocycles. The number of carbonyl (C=O) groups excluding carboxylic acids is 4. The van der Waals surface area contributed by atoms with E-state index in [2.05, 4.69) is 41.5 Å². The molecule has 0 aliphatic carbocycles. The molecule has 0 saturated heterocycles. The van der Waals surface area contributed by atoms with Gasteiger partial charge in [-0.25, -0.2) is 9.13 Å². The van der Waals surface area contributed by atoms with Gasteiger partial charge in [-0.1, -0.05) is 324 Å². The first-order valence-corrected chi connectivity index (χ1v) is 41.0. The predicted molar refractivity (Wildman–Crippen MR) is 372 cm³/mol. The smallest absolute Gasteiger partial charge is 0.462 e. The standard InChI is InChI=1S/C73H142O17P2/c1-7-9-11-13-14-15-16-17-18-22-25-28-33-38-44-50-56-71(76)84-62-69(90-72(77)57-51-45-39-34-29-26-23-20-19-21-24-27-31-36-42-47-53-65(3)4)64-88-92(81,82)86-60-67(74)59-85-91(79,80)87-63-68(61-83-70(75)55-49-41-12-10-8-2)89-73(78)58-52-46-40-35-30-32-37-43-48-54-66(5)6/h65-69,74H,7-64H2,1-6H3,(H,79,80)(H,81,82)/t67-,68+,69+/m0/s1. The molecule has 0 spiro atoms.